The van der Waals surface area contributed by atoms with Gasteiger partial charge in [-0.05, 0) is 52.3 Å². The van der Waals surface area contributed by atoms with E-state index in [1.165, 1.54) is 10.9 Å². The van der Waals surface area contributed by atoms with Gasteiger partial charge in [-0.25, -0.2) is 24.4 Å². The molecule has 5 atom stereocenters. The Morgan fingerprint density at radius 3 is 1.90 bits per heavy atom. The maximum Gasteiger partial charge on any atom is 0.339 e. The van der Waals surface area contributed by atoms with Crippen molar-refractivity contribution < 1.29 is 33.3 Å². The minimum atomic E-state index is -1.45. The summed E-state index contributed by atoms with van der Waals surface area (Å²) >= 11 is 3.45. The molecule has 5 aromatic rings. The second kappa shape index (κ2) is 13.8. The summed E-state index contributed by atoms with van der Waals surface area (Å²) in [5.74, 6) is 0.0932. The van der Waals surface area contributed by atoms with E-state index in [1.807, 2.05) is 0 Å². The van der Waals surface area contributed by atoms with Crippen molar-refractivity contribution in [3.05, 3.63) is 124 Å². The normalized spacial score (nSPS) is 19.1. The molecule has 13 heteroatoms. The van der Waals surface area contributed by atoms with E-state index >= 15 is 0 Å². The van der Waals surface area contributed by atoms with E-state index < -0.39 is 48.6 Å². The third kappa shape index (κ3) is 6.08. The van der Waals surface area contributed by atoms with E-state index in [9.17, 15) is 19.6 Å². The lowest BCUT2D eigenvalue weighted by molar-refractivity contribution is -0.0772. The number of carbonyl (C=O) groups is 3. The minimum Gasteiger partial charge on any atom is -0.452 e. The van der Waals surface area contributed by atoms with Crippen LogP contribution in [0.5, 0.6) is 0 Å². The number of benzene rings is 3. The number of halogens is 1. The summed E-state index contributed by atoms with van der Waals surface area (Å²) < 4.78 is 25.8. The van der Waals surface area contributed by atoms with Crippen LogP contribution in [0.3, 0.4) is 0 Å². The summed E-state index contributed by atoms with van der Waals surface area (Å²) in [7, 11) is 0. The Morgan fingerprint density at radius 2 is 1.38 bits per heavy atom. The number of nitrogens with zero attached hydrogens (tertiary/aromatic N) is 4. The quantitative estimate of drug-likeness (QED) is 0.133. The van der Waals surface area contributed by atoms with Gasteiger partial charge < -0.3 is 24.7 Å². The molecule has 12 nitrogen and oxygen atoms in total. The fraction of sp³-hybridized carbons (Fsp3) is 0.143. The first-order valence-corrected chi connectivity index (χ1v) is 15.2. The first-order chi connectivity index (χ1) is 23.3. The predicted molar refractivity (Wildman–Crippen MR) is 174 cm³/mol. The first-order valence-electron chi connectivity index (χ1n) is 14.4. The van der Waals surface area contributed by atoms with E-state index in [0.717, 1.165) is 0 Å². The molecule has 6 rings (SSSR count). The van der Waals surface area contributed by atoms with Crippen molar-refractivity contribution in [1.82, 2.24) is 14.5 Å². The highest BCUT2D eigenvalue weighted by Gasteiger charge is 2.55. The number of terminal acetylenes is 1. The molecule has 0 unspecified atom stereocenters. The SMILES string of the molecule is C#C[C@H](OC(=O)c1ccccc1)[C@@H]1O[C@H](n2c(Br)c(C#N)c3c(N)ncnc32)[C@@H](OC(=O)c2ccccc2)[C@H]1OC(=O)c1ccccc1. The molecule has 0 spiro atoms. The molecule has 48 heavy (non-hydrogen) atoms. The van der Waals surface area contributed by atoms with Gasteiger partial charge in [0.2, 0.25) is 0 Å². The van der Waals surface area contributed by atoms with Crippen LogP contribution >= 0.6 is 15.9 Å². The highest BCUT2D eigenvalue weighted by atomic mass is 79.9. The summed E-state index contributed by atoms with van der Waals surface area (Å²) in [5, 5.41) is 10.3. The van der Waals surface area contributed by atoms with Gasteiger partial charge in [-0.2, -0.15) is 5.26 Å². The van der Waals surface area contributed by atoms with Crippen LogP contribution < -0.4 is 5.73 Å². The molecular weight excluding hydrogens is 682 g/mol. The molecule has 238 valence electrons. The molecule has 0 radical (unpaired) electrons. The number of hydrogen-bond acceptors (Lipinski definition) is 11. The van der Waals surface area contributed by atoms with Crippen LogP contribution in [0.15, 0.2) is 102 Å². The third-order valence-electron chi connectivity index (χ3n) is 7.56. The lowest BCUT2D eigenvalue weighted by Gasteiger charge is -2.26. The molecule has 1 aliphatic rings. The largest absolute Gasteiger partial charge is 0.452 e. The molecule has 1 fully saturated rings. The van der Waals surface area contributed by atoms with Gasteiger partial charge in [0, 0.05) is 0 Å². The Labute approximate surface area is 282 Å². The number of rotatable bonds is 8. The molecule has 1 aliphatic heterocycles. The highest BCUT2D eigenvalue weighted by molar-refractivity contribution is 9.10. The maximum atomic E-state index is 13.6. The van der Waals surface area contributed by atoms with Crippen molar-refractivity contribution in [2.75, 3.05) is 5.73 Å². The zero-order valence-corrected chi connectivity index (χ0v) is 26.4. The number of nitrogen functional groups attached to an aromatic ring is 1. The van der Waals surface area contributed by atoms with Crippen LogP contribution in [0.25, 0.3) is 11.0 Å². The summed E-state index contributed by atoms with van der Waals surface area (Å²) in [4.78, 5) is 48.7. The van der Waals surface area contributed by atoms with E-state index in [-0.39, 0.29) is 43.7 Å². The number of ether oxygens (including phenoxy) is 4. The number of fused-ring (bicyclic) bond motifs is 1. The molecule has 0 amide bonds. The lowest BCUT2D eigenvalue weighted by Crippen LogP contribution is -2.45. The second-order valence-corrected chi connectivity index (χ2v) is 11.2. The van der Waals surface area contributed by atoms with Crippen LogP contribution in [-0.2, 0) is 18.9 Å². The number of nitrogens with two attached hydrogens (primary N) is 1. The van der Waals surface area contributed by atoms with Crippen molar-refractivity contribution in [3.8, 4) is 18.4 Å². The smallest absolute Gasteiger partial charge is 0.339 e. The summed E-state index contributed by atoms with van der Waals surface area (Å²) in [6.45, 7) is 0. The maximum absolute atomic E-state index is 13.6. The van der Waals surface area contributed by atoms with Gasteiger partial charge in [0.1, 0.15) is 34.6 Å². The average molecular weight is 707 g/mol. The zero-order chi connectivity index (χ0) is 33.8. The Kier molecular flexibility index (Phi) is 9.16. The standard InChI is InChI=1S/C35H24BrN5O7/c1-2-24(45-33(42)20-12-6-3-7-13-20)26-27(47-34(43)21-14-8-4-9-15-21)28(48-35(44)22-16-10-5-11-17-22)32(46-26)41-29(36)23(18-37)25-30(38)39-19-40-31(25)41/h1,3-17,19,24,26-28,32H,(H2,38,39,40)/t24-,26-,27-,28-,32-/m0/s1. The molecule has 3 heterocycles. The lowest BCUT2D eigenvalue weighted by atomic mass is 10.0. The van der Waals surface area contributed by atoms with Gasteiger partial charge in [-0.15, -0.1) is 6.42 Å². The van der Waals surface area contributed by atoms with Gasteiger partial charge in [-0.3, -0.25) is 4.57 Å². The van der Waals surface area contributed by atoms with Gasteiger partial charge in [0.05, 0.1) is 27.6 Å². The monoisotopic (exact) mass is 705 g/mol. The number of nitriles is 1. The average Bonchev–Trinajstić information content (AvgIpc) is 3.61. The number of esters is 3. The van der Waals surface area contributed by atoms with Crippen molar-refractivity contribution in [1.29, 1.82) is 5.26 Å². The van der Waals surface area contributed by atoms with E-state index in [1.54, 1.807) is 91.0 Å². The fourth-order valence-electron chi connectivity index (χ4n) is 5.32. The van der Waals surface area contributed by atoms with E-state index in [4.69, 9.17) is 31.1 Å². The predicted octanol–water partition coefficient (Wildman–Crippen LogP) is 4.86. The van der Waals surface area contributed by atoms with Gasteiger partial charge >= 0.3 is 17.9 Å². The second-order valence-electron chi connectivity index (χ2n) is 10.4. The first kappa shape index (κ1) is 31.9. The third-order valence-corrected chi connectivity index (χ3v) is 8.33. The zero-order valence-electron chi connectivity index (χ0n) is 24.8. The molecule has 0 bridgehead atoms. The molecule has 2 aromatic heterocycles. The van der Waals surface area contributed by atoms with Crippen LogP contribution in [0, 0.1) is 23.7 Å². The molecule has 3 aromatic carbocycles. The van der Waals surface area contributed by atoms with Crippen LogP contribution in [-0.4, -0.2) is 56.9 Å². The van der Waals surface area contributed by atoms with E-state index in [0.29, 0.717) is 0 Å². The Balaban J connectivity index is 1.49. The fourth-order valence-corrected chi connectivity index (χ4v) is 5.98. The molecular formula is C35H24BrN5O7. The van der Waals surface area contributed by atoms with Gasteiger partial charge in [-0.1, -0.05) is 60.5 Å². The number of hydrogen-bond donors (Lipinski definition) is 1. The Morgan fingerprint density at radius 1 is 0.854 bits per heavy atom. The summed E-state index contributed by atoms with van der Waals surface area (Å²) in [6, 6.07) is 26.4. The van der Waals surface area contributed by atoms with Crippen molar-refractivity contribution in [3.63, 3.8) is 0 Å². The number of anilines is 1. The van der Waals surface area contributed by atoms with Crippen LogP contribution in [0.1, 0.15) is 42.9 Å². The van der Waals surface area contributed by atoms with Crippen molar-refractivity contribution in [2.45, 2.75) is 30.6 Å². The molecule has 0 saturated carbocycles. The van der Waals surface area contributed by atoms with Crippen LogP contribution in [0.4, 0.5) is 5.82 Å². The van der Waals surface area contributed by atoms with Crippen molar-refractivity contribution in [2.24, 2.45) is 0 Å². The van der Waals surface area contributed by atoms with Gasteiger partial charge in [0.15, 0.2) is 24.5 Å². The van der Waals surface area contributed by atoms with E-state index in [2.05, 4.69) is 37.9 Å². The minimum absolute atomic E-state index is 0.00808. The molecule has 1 saturated heterocycles. The molecule has 2 N–H and O–H groups in total. The Hall–Kier alpha value is -6.02. The number of carbonyl (C=O) groups excluding carboxylic acids is 3. The topological polar surface area (TPSA) is 169 Å². The summed E-state index contributed by atoms with van der Waals surface area (Å²) in [6.07, 6.45) is 0.0367. The summed E-state index contributed by atoms with van der Waals surface area (Å²) in [5.41, 5.74) is 6.96. The van der Waals surface area contributed by atoms with Crippen molar-refractivity contribution >= 4 is 50.7 Å². The van der Waals surface area contributed by atoms with Crippen LogP contribution in [0.2, 0.25) is 0 Å². The highest BCUT2D eigenvalue weighted by Crippen LogP contribution is 2.43. The van der Waals surface area contributed by atoms with Gasteiger partial charge in [0.25, 0.3) is 0 Å². The Bertz CT molecular complexity index is 2080. The number of aromatic nitrogens is 3. The molecule has 0 aliphatic carbocycles.